The number of fused-ring (bicyclic) bond motifs is 2. The van der Waals surface area contributed by atoms with Gasteiger partial charge in [0.15, 0.2) is 11.6 Å². The number of para-hydroxylation sites is 1. The van der Waals surface area contributed by atoms with Gasteiger partial charge in [0.2, 0.25) is 5.16 Å². The van der Waals surface area contributed by atoms with E-state index < -0.39 is 0 Å². The van der Waals surface area contributed by atoms with Gasteiger partial charge in [-0.25, -0.2) is 4.68 Å². The summed E-state index contributed by atoms with van der Waals surface area (Å²) in [6, 6.07) is 10.0. The first-order valence-corrected chi connectivity index (χ1v) is 7.68. The number of hydrogen-bond acceptors (Lipinski definition) is 5. The van der Waals surface area contributed by atoms with Crippen LogP contribution in [0.4, 0.5) is 0 Å². The van der Waals surface area contributed by atoms with Gasteiger partial charge in [-0.3, -0.25) is 5.43 Å². The van der Waals surface area contributed by atoms with E-state index >= 15 is 0 Å². The molecule has 6 heteroatoms. The van der Waals surface area contributed by atoms with Crippen LogP contribution < -0.4 is 5.43 Å². The van der Waals surface area contributed by atoms with Crippen molar-refractivity contribution in [2.24, 2.45) is 0 Å². The average Bonchev–Trinajstić information content (AvgIpc) is 3.10. The fourth-order valence-corrected chi connectivity index (χ4v) is 3.05. The number of aromatic nitrogens is 3. The van der Waals surface area contributed by atoms with Crippen LogP contribution in [0.15, 0.2) is 45.3 Å². The number of nitrogens with zero attached hydrogens (tertiary/aromatic N) is 3. The van der Waals surface area contributed by atoms with Gasteiger partial charge in [-0.1, -0.05) is 43.8 Å². The SMILES string of the molecule is CC(C)c1nnc2n1NC(c1cc3ccccc3o1)=CS2. The number of rotatable bonds is 2. The molecule has 3 heterocycles. The second-order valence-corrected chi connectivity index (χ2v) is 6.08. The third-order valence-electron chi connectivity index (χ3n) is 3.38. The van der Waals surface area contributed by atoms with E-state index in [4.69, 9.17) is 4.42 Å². The van der Waals surface area contributed by atoms with Crippen molar-refractivity contribution < 1.29 is 4.42 Å². The molecule has 0 bridgehead atoms. The van der Waals surface area contributed by atoms with Crippen molar-refractivity contribution >= 4 is 28.4 Å². The Bertz CT molecular complexity index is 813. The summed E-state index contributed by atoms with van der Waals surface area (Å²) in [6.07, 6.45) is 0. The van der Waals surface area contributed by atoms with E-state index in [1.165, 1.54) is 0 Å². The lowest BCUT2D eigenvalue weighted by molar-refractivity contribution is 0.594. The molecular formula is C15H14N4OS. The van der Waals surface area contributed by atoms with Crippen LogP contribution in [0.2, 0.25) is 0 Å². The molecule has 3 aromatic rings. The van der Waals surface area contributed by atoms with E-state index in [-0.39, 0.29) is 0 Å². The summed E-state index contributed by atoms with van der Waals surface area (Å²) >= 11 is 1.54. The minimum atomic E-state index is 0.300. The monoisotopic (exact) mass is 298 g/mol. The largest absolute Gasteiger partial charge is 0.454 e. The van der Waals surface area contributed by atoms with Crippen LogP contribution >= 0.6 is 11.8 Å². The van der Waals surface area contributed by atoms with E-state index in [0.717, 1.165) is 33.4 Å². The lowest BCUT2D eigenvalue weighted by Crippen LogP contribution is -2.20. The molecule has 21 heavy (non-hydrogen) atoms. The molecule has 0 atom stereocenters. The minimum absolute atomic E-state index is 0.300. The molecule has 0 amide bonds. The van der Waals surface area contributed by atoms with E-state index in [0.29, 0.717) is 5.92 Å². The number of thioether (sulfide) groups is 1. The molecule has 0 saturated carbocycles. The molecule has 1 aliphatic heterocycles. The van der Waals surface area contributed by atoms with Gasteiger partial charge in [0.05, 0.1) is 0 Å². The second-order valence-electron chi connectivity index (χ2n) is 5.24. The Balaban J connectivity index is 1.73. The van der Waals surface area contributed by atoms with E-state index in [1.807, 2.05) is 40.4 Å². The highest BCUT2D eigenvalue weighted by Crippen LogP contribution is 2.32. The summed E-state index contributed by atoms with van der Waals surface area (Å²) in [7, 11) is 0. The first kappa shape index (κ1) is 12.5. The lowest BCUT2D eigenvalue weighted by atomic mass is 10.2. The van der Waals surface area contributed by atoms with Gasteiger partial charge in [0.1, 0.15) is 11.3 Å². The maximum atomic E-state index is 5.90. The van der Waals surface area contributed by atoms with Gasteiger partial charge in [-0.2, -0.15) is 0 Å². The number of nitrogens with one attached hydrogen (secondary N) is 1. The van der Waals surface area contributed by atoms with Crippen LogP contribution in [0.5, 0.6) is 0 Å². The maximum Gasteiger partial charge on any atom is 0.214 e. The van der Waals surface area contributed by atoms with Crippen LogP contribution in [0.3, 0.4) is 0 Å². The summed E-state index contributed by atoms with van der Waals surface area (Å²) in [6.45, 7) is 4.20. The van der Waals surface area contributed by atoms with Crippen molar-refractivity contribution in [3.05, 3.63) is 47.3 Å². The molecule has 0 fully saturated rings. The van der Waals surface area contributed by atoms with E-state index in [1.54, 1.807) is 11.8 Å². The van der Waals surface area contributed by atoms with Gasteiger partial charge in [0.25, 0.3) is 0 Å². The molecule has 0 aliphatic carbocycles. The molecule has 0 unspecified atom stereocenters. The van der Waals surface area contributed by atoms with Crippen LogP contribution in [0.25, 0.3) is 16.7 Å². The van der Waals surface area contributed by atoms with E-state index in [9.17, 15) is 0 Å². The highest BCUT2D eigenvalue weighted by atomic mass is 32.2. The summed E-state index contributed by atoms with van der Waals surface area (Å²) in [5.74, 6) is 2.03. The summed E-state index contributed by atoms with van der Waals surface area (Å²) in [5, 5.41) is 12.4. The number of furan rings is 1. The standard InChI is InChI=1S/C15H14N4OS/c1-9(2)14-16-17-15-19(14)18-11(8-21-15)13-7-10-5-3-4-6-12(10)20-13/h3-9,18H,1-2H3. The maximum absolute atomic E-state index is 5.90. The molecule has 4 rings (SSSR count). The molecule has 0 saturated heterocycles. The van der Waals surface area contributed by atoms with Crippen molar-refractivity contribution in [2.75, 3.05) is 5.43 Å². The molecule has 106 valence electrons. The molecule has 5 nitrogen and oxygen atoms in total. The average molecular weight is 298 g/mol. The van der Waals surface area contributed by atoms with Crippen molar-refractivity contribution in [3.63, 3.8) is 0 Å². The Morgan fingerprint density at radius 3 is 2.90 bits per heavy atom. The summed E-state index contributed by atoms with van der Waals surface area (Å²) in [5.41, 5.74) is 5.15. The Hall–Kier alpha value is -2.21. The Kier molecular flexibility index (Phi) is 2.78. The van der Waals surface area contributed by atoms with Crippen LogP contribution in [-0.4, -0.2) is 14.9 Å². The highest BCUT2D eigenvalue weighted by Gasteiger charge is 2.21. The molecule has 1 aromatic carbocycles. The Morgan fingerprint density at radius 1 is 1.24 bits per heavy atom. The summed E-state index contributed by atoms with van der Waals surface area (Å²) in [4.78, 5) is 0. The fraction of sp³-hybridized carbons (Fsp3) is 0.200. The van der Waals surface area contributed by atoms with Gasteiger partial charge < -0.3 is 4.42 Å². The Morgan fingerprint density at radius 2 is 2.10 bits per heavy atom. The molecule has 0 radical (unpaired) electrons. The van der Waals surface area contributed by atoms with Crippen LogP contribution in [-0.2, 0) is 0 Å². The number of hydrogen-bond donors (Lipinski definition) is 1. The molecular weight excluding hydrogens is 284 g/mol. The van der Waals surface area contributed by atoms with Crippen molar-refractivity contribution in [1.29, 1.82) is 0 Å². The zero-order valence-corrected chi connectivity index (χ0v) is 12.5. The molecule has 0 spiro atoms. The predicted molar refractivity (Wildman–Crippen MR) is 83.5 cm³/mol. The normalized spacial score (nSPS) is 14.1. The summed E-state index contributed by atoms with van der Waals surface area (Å²) < 4.78 is 7.83. The van der Waals surface area contributed by atoms with Gasteiger partial charge >= 0.3 is 0 Å². The van der Waals surface area contributed by atoms with Gasteiger partial charge in [-0.05, 0) is 12.1 Å². The van der Waals surface area contributed by atoms with Gasteiger partial charge in [-0.15, -0.1) is 10.2 Å². The fourth-order valence-electron chi connectivity index (χ4n) is 2.32. The van der Waals surface area contributed by atoms with Crippen LogP contribution in [0, 0.1) is 0 Å². The molecule has 1 N–H and O–H groups in total. The number of benzene rings is 1. The zero-order chi connectivity index (χ0) is 14.4. The highest BCUT2D eigenvalue weighted by molar-refractivity contribution is 8.02. The zero-order valence-electron chi connectivity index (χ0n) is 11.7. The topological polar surface area (TPSA) is 55.9 Å². The van der Waals surface area contributed by atoms with Gasteiger partial charge in [0, 0.05) is 16.7 Å². The molecule has 2 aromatic heterocycles. The van der Waals surface area contributed by atoms with Crippen molar-refractivity contribution in [3.8, 4) is 0 Å². The second kappa shape index (κ2) is 4.66. The lowest BCUT2D eigenvalue weighted by Gasteiger charge is -2.18. The first-order valence-electron chi connectivity index (χ1n) is 6.80. The quantitative estimate of drug-likeness (QED) is 0.780. The van der Waals surface area contributed by atoms with Crippen molar-refractivity contribution in [1.82, 2.24) is 14.9 Å². The predicted octanol–water partition coefficient (Wildman–Crippen LogP) is 3.80. The molecule has 1 aliphatic rings. The van der Waals surface area contributed by atoms with E-state index in [2.05, 4.69) is 29.5 Å². The smallest absolute Gasteiger partial charge is 0.214 e. The third kappa shape index (κ3) is 2.03. The first-order chi connectivity index (χ1) is 10.2. The third-order valence-corrected chi connectivity index (χ3v) is 4.21. The minimum Gasteiger partial charge on any atom is -0.454 e. The van der Waals surface area contributed by atoms with Crippen LogP contribution in [0.1, 0.15) is 31.4 Å². The Labute approximate surface area is 126 Å². The van der Waals surface area contributed by atoms with Crippen molar-refractivity contribution in [2.45, 2.75) is 24.9 Å².